The number of ketones is 1. The second kappa shape index (κ2) is 10.6. The first-order valence-electron chi connectivity index (χ1n) is 12.6. The first-order chi connectivity index (χ1) is 17.6. The molecule has 2 aromatic carbocycles. The van der Waals surface area contributed by atoms with Crippen LogP contribution in [0.4, 0.5) is 0 Å². The summed E-state index contributed by atoms with van der Waals surface area (Å²) in [5.41, 5.74) is 3.99. The Balaban J connectivity index is 1.83. The number of rotatable bonds is 7. The molecule has 1 saturated heterocycles. The molecule has 0 aliphatic carbocycles. The molecule has 1 fully saturated rings. The van der Waals surface area contributed by atoms with Gasteiger partial charge in [-0.25, -0.2) is 0 Å². The molecule has 0 spiro atoms. The highest BCUT2D eigenvalue weighted by atomic mass is 16.5. The molecule has 4 rings (SSSR count). The molecule has 3 aromatic rings. The lowest BCUT2D eigenvalue weighted by Crippen LogP contribution is -2.29. The van der Waals surface area contributed by atoms with Crippen molar-refractivity contribution in [1.29, 1.82) is 0 Å². The number of Topliss-reactive ketones (excluding diaryl/α,β-unsaturated/α-hetero) is 1. The zero-order chi connectivity index (χ0) is 26.7. The summed E-state index contributed by atoms with van der Waals surface area (Å²) in [5.74, 6) is -0.827. The third-order valence-corrected chi connectivity index (χ3v) is 6.63. The topological polar surface area (TPSA) is 79.7 Å². The molecule has 6 nitrogen and oxygen atoms in total. The summed E-state index contributed by atoms with van der Waals surface area (Å²) in [6.45, 7) is 11.1. The number of amides is 1. The van der Waals surface area contributed by atoms with Gasteiger partial charge in [-0.2, -0.15) is 0 Å². The molecule has 6 heteroatoms. The Morgan fingerprint density at radius 2 is 1.81 bits per heavy atom. The van der Waals surface area contributed by atoms with Crippen molar-refractivity contribution in [2.24, 2.45) is 0 Å². The average molecular weight is 499 g/mol. The third-order valence-electron chi connectivity index (χ3n) is 6.63. The van der Waals surface area contributed by atoms with Crippen LogP contribution < -0.4 is 4.74 Å². The second-order valence-corrected chi connectivity index (χ2v) is 10.5. The van der Waals surface area contributed by atoms with E-state index in [1.807, 2.05) is 50.2 Å². The van der Waals surface area contributed by atoms with E-state index < -0.39 is 17.7 Å². The van der Waals surface area contributed by atoms with Gasteiger partial charge >= 0.3 is 0 Å². The monoisotopic (exact) mass is 498 g/mol. The van der Waals surface area contributed by atoms with Gasteiger partial charge in [0.2, 0.25) is 0 Å². The predicted molar refractivity (Wildman–Crippen MR) is 144 cm³/mol. The molecule has 1 amide bonds. The van der Waals surface area contributed by atoms with Crippen LogP contribution >= 0.6 is 0 Å². The molecular weight excluding hydrogens is 464 g/mol. The van der Waals surface area contributed by atoms with E-state index in [0.717, 1.165) is 28.7 Å². The number of ether oxygens (including phenoxy) is 1. The van der Waals surface area contributed by atoms with Gasteiger partial charge in [0.25, 0.3) is 11.7 Å². The molecule has 0 unspecified atom stereocenters. The quantitative estimate of drug-likeness (QED) is 0.242. The number of hydrogen-bond donors (Lipinski definition) is 1. The van der Waals surface area contributed by atoms with Crippen molar-refractivity contribution in [2.75, 3.05) is 6.61 Å². The Morgan fingerprint density at radius 3 is 2.41 bits per heavy atom. The number of nitrogens with zero attached hydrogens (tertiary/aromatic N) is 2. The van der Waals surface area contributed by atoms with Gasteiger partial charge in [0.1, 0.15) is 11.5 Å². The summed E-state index contributed by atoms with van der Waals surface area (Å²) in [4.78, 5) is 32.4. The fourth-order valence-electron chi connectivity index (χ4n) is 4.60. The van der Waals surface area contributed by atoms with E-state index in [0.29, 0.717) is 17.9 Å². The first kappa shape index (κ1) is 26.1. The number of hydrogen-bond acceptors (Lipinski definition) is 5. The zero-order valence-corrected chi connectivity index (χ0v) is 22.1. The largest absolute Gasteiger partial charge is 0.507 e. The molecule has 192 valence electrons. The highest BCUT2D eigenvalue weighted by Gasteiger charge is 2.46. The average Bonchev–Trinajstić information content (AvgIpc) is 3.12. The van der Waals surface area contributed by atoms with Gasteiger partial charge in [-0.1, -0.05) is 58.0 Å². The van der Waals surface area contributed by atoms with E-state index in [4.69, 9.17) is 4.74 Å². The number of aliphatic hydroxyl groups excluding tert-OH is 1. The minimum atomic E-state index is -0.732. The van der Waals surface area contributed by atoms with Crippen molar-refractivity contribution in [3.63, 3.8) is 0 Å². The minimum Gasteiger partial charge on any atom is -0.507 e. The van der Waals surface area contributed by atoms with Crippen LogP contribution in [0, 0.1) is 6.92 Å². The summed E-state index contributed by atoms with van der Waals surface area (Å²) >= 11 is 0. The van der Waals surface area contributed by atoms with Crippen molar-refractivity contribution < 1.29 is 19.4 Å². The summed E-state index contributed by atoms with van der Waals surface area (Å²) in [5, 5.41) is 11.5. The summed E-state index contributed by atoms with van der Waals surface area (Å²) in [6.07, 6.45) is 4.23. The SMILES string of the molecule is CCCOc1ccc(C(O)=C2C(=O)C(=O)N(Cc3cccnc3)[C@@H]2c2ccc(C(C)(C)C)cc2)c(C)c1. The Hall–Kier alpha value is -3.93. The molecule has 1 atom stereocenters. The van der Waals surface area contributed by atoms with Gasteiger partial charge < -0.3 is 14.7 Å². The maximum atomic E-state index is 13.4. The van der Waals surface area contributed by atoms with Crippen LogP contribution in [-0.4, -0.2) is 33.3 Å². The predicted octanol–water partition coefficient (Wildman–Crippen LogP) is 6.10. The van der Waals surface area contributed by atoms with Crippen molar-refractivity contribution >= 4 is 17.4 Å². The normalized spacial score (nSPS) is 17.3. The Bertz CT molecular complexity index is 1320. The Morgan fingerprint density at radius 1 is 1.08 bits per heavy atom. The van der Waals surface area contributed by atoms with Crippen LogP contribution in [0.3, 0.4) is 0 Å². The van der Waals surface area contributed by atoms with Gasteiger partial charge in [-0.15, -0.1) is 0 Å². The maximum absolute atomic E-state index is 13.4. The van der Waals surface area contributed by atoms with E-state index in [1.165, 1.54) is 4.90 Å². The van der Waals surface area contributed by atoms with E-state index in [1.54, 1.807) is 30.6 Å². The van der Waals surface area contributed by atoms with Crippen molar-refractivity contribution in [2.45, 2.75) is 59.0 Å². The number of aliphatic hydroxyl groups is 1. The van der Waals surface area contributed by atoms with Crippen LogP contribution in [0.1, 0.15) is 68.0 Å². The molecule has 37 heavy (non-hydrogen) atoms. The van der Waals surface area contributed by atoms with Gasteiger partial charge in [-0.3, -0.25) is 14.6 Å². The lowest BCUT2D eigenvalue weighted by molar-refractivity contribution is -0.140. The highest BCUT2D eigenvalue weighted by Crippen LogP contribution is 2.41. The summed E-state index contributed by atoms with van der Waals surface area (Å²) in [7, 11) is 0. The number of likely N-dealkylation sites (tertiary alicyclic amines) is 1. The smallest absolute Gasteiger partial charge is 0.295 e. The standard InChI is InChI=1S/C31H34N2O4/c1-6-16-37-24-13-14-25(20(2)17-24)28(34)26-27(22-9-11-23(12-10-22)31(3,4)5)33(30(36)29(26)35)19-21-8-7-15-32-18-21/h7-15,17-18,27,34H,6,16,19H2,1-5H3/t27-/m1/s1. The molecular formula is C31H34N2O4. The van der Waals surface area contributed by atoms with Gasteiger partial charge in [0, 0.05) is 24.5 Å². The fraction of sp³-hybridized carbons (Fsp3) is 0.323. The van der Waals surface area contributed by atoms with Crippen molar-refractivity contribution in [1.82, 2.24) is 9.88 Å². The number of carbonyl (C=O) groups excluding carboxylic acids is 2. The van der Waals surface area contributed by atoms with Crippen LogP contribution in [0.25, 0.3) is 5.76 Å². The molecule has 0 bridgehead atoms. The first-order valence-corrected chi connectivity index (χ1v) is 12.6. The van der Waals surface area contributed by atoms with Gasteiger partial charge in [0.15, 0.2) is 0 Å². The van der Waals surface area contributed by atoms with Crippen molar-refractivity contribution in [3.05, 3.63) is 100 Å². The van der Waals surface area contributed by atoms with Crippen molar-refractivity contribution in [3.8, 4) is 5.75 Å². The zero-order valence-electron chi connectivity index (χ0n) is 22.1. The van der Waals surface area contributed by atoms with Crippen LogP contribution in [0.15, 0.2) is 72.6 Å². The Labute approximate surface area is 218 Å². The van der Waals surface area contributed by atoms with E-state index in [2.05, 4.69) is 25.8 Å². The van der Waals surface area contributed by atoms with E-state index in [-0.39, 0.29) is 23.3 Å². The van der Waals surface area contributed by atoms with Gasteiger partial charge in [0.05, 0.1) is 18.2 Å². The molecule has 1 aliphatic heterocycles. The van der Waals surface area contributed by atoms with Gasteiger partial charge in [-0.05, 0) is 65.3 Å². The Kier molecular flexibility index (Phi) is 7.48. The molecule has 0 radical (unpaired) electrons. The number of pyridine rings is 1. The number of benzene rings is 2. The minimum absolute atomic E-state index is 0.0469. The molecule has 1 aromatic heterocycles. The molecule has 2 heterocycles. The lowest BCUT2D eigenvalue weighted by atomic mass is 9.85. The summed E-state index contributed by atoms with van der Waals surface area (Å²) < 4.78 is 5.71. The van der Waals surface area contributed by atoms with Crippen LogP contribution in [0.5, 0.6) is 5.75 Å². The number of aromatic nitrogens is 1. The number of aryl methyl sites for hydroxylation is 1. The second-order valence-electron chi connectivity index (χ2n) is 10.5. The van der Waals surface area contributed by atoms with E-state index in [9.17, 15) is 14.7 Å². The van der Waals surface area contributed by atoms with Crippen LogP contribution in [-0.2, 0) is 21.5 Å². The van der Waals surface area contributed by atoms with E-state index >= 15 is 0 Å². The lowest BCUT2D eigenvalue weighted by Gasteiger charge is -2.26. The third kappa shape index (κ3) is 5.43. The fourth-order valence-corrected chi connectivity index (χ4v) is 4.60. The molecule has 1 aliphatic rings. The number of carbonyl (C=O) groups is 2. The highest BCUT2D eigenvalue weighted by molar-refractivity contribution is 6.46. The molecule has 0 saturated carbocycles. The molecule has 1 N–H and O–H groups in total. The summed E-state index contributed by atoms with van der Waals surface area (Å²) in [6, 6.07) is 16.2. The maximum Gasteiger partial charge on any atom is 0.295 e. The van der Waals surface area contributed by atoms with Crippen LogP contribution in [0.2, 0.25) is 0 Å².